The second-order valence-corrected chi connectivity index (χ2v) is 2.78. The van der Waals surface area contributed by atoms with Gasteiger partial charge in [0, 0.05) is 6.54 Å². The molecule has 0 aromatic heterocycles. The molecule has 0 amide bonds. The van der Waals surface area contributed by atoms with Gasteiger partial charge in [0.15, 0.2) is 0 Å². The van der Waals surface area contributed by atoms with E-state index in [1.54, 1.807) is 6.92 Å². The number of aliphatic hydroxyl groups is 1. The van der Waals surface area contributed by atoms with Crippen LogP contribution in [0.3, 0.4) is 0 Å². The van der Waals surface area contributed by atoms with E-state index in [2.05, 4.69) is 5.32 Å². The highest BCUT2D eigenvalue weighted by Gasteiger charge is 2.34. The summed E-state index contributed by atoms with van der Waals surface area (Å²) in [5, 5.41) is 12.1. The second kappa shape index (κ2) is 3.51. The van der Waals surface area contributed by atoms with E-state index in [1.807, 2.05) is 0 Å². The van der Waals surface area contributed by atoms with Crippen molar-refractivity contribution in [2.75, 3.05) is 13.1 Å². The average Bonchev–Trinajstić information content (AvgIpc) is 1.77. The van der Waals surface area contributed by atoms with Crippen LogP contribution in [0.15, 0.2) is 0 Å². The van der Waals surface area contributed by atoms with E-state index in [9.17, 15) is 9.50 Å². The van der Waals surface area contributed by atoms with Crippen LogP contribution in [0.1, 0.15) is 13.3 Å². The van der Waals surface area contributed by atoms with Crippen molar-refractivity contribution < 1.29 is 9.50 Å². The summed E-state index contributed by atoms with van der Waals surface area (Å²) in [6, 6.07) is 0. The molecular formula is C6H13ClFNO. The number of hydrogen-bond donors (Lipinski definition) is 2. The SMILES string of the molecule is C[C@]1(O)CCNC[C@@H]1F.Cl. The summed E-state index contributed by atoms with van der Waals surface area (Å²) in [4.78, 5) is 0. The van der Waals surface area contributed by atoms with E-state index in [-0.39, 0.29) is 19.0 Å². The van der Waals surface area contributed by atoms with Crippen molar-refractivity contribution in [3.05, 3.63) is 0 Å². The maximum Gasteiger partial charge on any atom is 0.141 e. The second-order valence-electron chi connectivity index (χ2n) is 2.78. The Kier molecular flexibility index (Phi) is 3.56. The standard InChI is InChI=1S/C6H12FNO.ClH/c1-6(9)2-3-8-4-5(6)7;/h5,8-9H,2-4H2,1H3;1H/t5-,6-;/m0./s1. The molecule has 1 aliphatic rings. The van der Waals surface area contributed by atoms with Crippen LogP contribution < -0.4 is 5.32 Å². The fraction of sp³-hybridized carbons (Fsp3) is 1.00. The molecule has 1 saturated heterocycles. The summed E-state index contributed by atoms with van der Waals surface area (Å²) < 4.78 is 12.6. The first-order valence-corrected chi connectivity index (χ1v) is 3.20. The Bertz CT molecular complexity index is 110. The number of piperidine rings is 1. The molecule has 0 radical (unpaired) electrons. The monoisotopic (exact) mass is 169 g/mol. The Morgan fingerprint density at radius 2 is 2.30 bits per heavy atom. The highest BCUT2D eigenvalue weighted by Crippen LogP contribution is 2.19. The van der Waals surface area contributed by atoms with E-state index < -0.39 is 11.8 Å². The summed E-state index contributed by atoms with van der Waals surface area (Å²) in [5.41, 5.74) is -1.09. The van der Waals surface area contributed by atoms with Gasteiger partial charge < -0.3 is 10.4 Å². The van der Waals surface area contributed by atoms with Gasteiger partial charge in [0.1, 0.15) is 6.17 Å². The quantitative estimate of drug-likeness (QED) is 0.553. The van der Waals surface area contributed by atoms with Crippen LogP contribution >= 0.6 is 12.4 Å². The molecule has 0 aromatic carbocycles. The summed E-state index contributed by atoms with van der Waals surface area (Å²) >= 11 is 0. The smallest absolute Gasteiger partial charge is 0.141 e. The first kappa shape index (κ1) is 10.1. The fourth-order valence-electron chi connectivity index (χ4n) is 0.947. The molecule has 1 fully saturated rings. The average molecular weight is 170 g/mol. The lowest BCUT2D eigenvalue weighted by Crippen LogP contribution is -2.49. The molecule has 4 heteroatoms. The van der Waals surface area contributed by atoms with Gasteiger partial charge >= 0.3 is 0 Å². The minimum absolute atomic E-state index is 0. The maximum atomic E-state index is 12.6. The van der Waals surface area contributed by atoms with Crippen LogP contribution in [0.2, 0.25) is 0 Å². The topological polar surface area (TPSA) is 32.3 Å². The van der Waals surface area contributed by atoms with Gasteiger partial charge in [0.25, 0.3) is 0 Å². The maximum absolute atomic E-state index is 12.6. The van der Waals surface area contributed by atoms with Crippen molar-refractivity contribution in [2.45, 2.75) is 25.1 Å². The van der Waals surface area contributed by atoms with Crippen LogP contribution in [-0.4, -0.2) is 30.0 Å². The van der Waals surface area contributed by atoms with E-state index in [1.165, 1.54) is 0 Å². The molecule has 62 valence electrons. The van der Waals surface area contributed by atoms with Gasteiger partial charge in [-0.05, 0) is 19.9 Å². The van der Waals surface area contributed by atoms with E-state index in [4.69, 9.17) is 0 Å². The molecule has 0 unspecified atom stereocenters. The molecule has 1 aliphatic heterocycles. The molecule has 0 aliphatic carbocycles. The van der Waals surface area contributed by atoms with Gasteiger partial charge in [-0.2, -0.15) is 0 Å². The van der Waals surface area contributed by atoms with Gasteiger partial charge in [-0.1, -0.05) is 0 Å². The molecule has 0 saturated carbocycles. The lowest BCUT2D eigenvalue weighted by Gasteiger charge is -2.31. The predicted octanol–water partition coefficient (Wildman–Crippen LogP) is 0.491. The first-order valence-electron chi connectivity index (χ1n) is 3.20. The van der Waals surface area contributed by atoms with Gasteiger partial charge in [0.2, 0.25) is 0 Å². The predicted molar refractivity (Wildman–Crippen MR) is 40.3 cm³/mol. The molecule has 0 aromatic rings. The van der Waals surface area contributed by atoms with Crippen molar-refractivity contribution in [2.24, 2.45) is 0 Å². The normalized spacial score (nSPS) is 40.5. The third kappa shape index (κ3) is 2.08. The van der Waals surface area contributed by atoms with Gasteiger partial charge in [0.05, 0.1) is 5.60 Å². The number of rotatable bonds is 0. The minimum atomic E-state index is -1.11. The summed E-state index contributed by atoms with van der Waals surface area (Å²) in [6.07, 6.45) is -0.597. The third-order valence-electron chi connectivity index (χ3n) is 1.81. The zero-order valence-electron chi connectivity index (χ0n) is 5.93. The zero-order chi connectivity index (χ0) is 6.91. The summed E-state index contributed by atoms with van der Waals surface area (Å²) in [6.45, 7) is 2.54. The van der Waals surface area contributed by atoms with Crippen LogP contribution in [0.25, 0.3) is 0 Å². The van der Waals surface area contributed by atoms with Crippen molar-refractivity contribution in [1.82, 2.24) is 5.32 Å². The molecular weight excluding hydrogens is 157 g/mol. The van der Waals surface area contributed by atoms with Crippen molar-refractivity contribution >= 4 is 12.4 Å². The van der Waals surface area contributed by atoms with Crippen LogP contribution in [0.4, 0.5) is 4.39 Å². The van der Waals surface area contributed by atoms with Crippen molar-refractivity contribution in [3.8, 4) is 0 Å². The molecule has 2 atom stereocenters. The summed E-state index contributed by atoms with van der Waals surface area (Å²) in [7, 11) is 0. The van der Waals surface area contributed by atoms with Crippen molar-refractivity contribution in [1.29, 1.82) is 0 Å². The Morgan fingerprint density at radius 1 is 1.70 bits per heavy atom. The Morgan fingerprint density at radius 3 is 2.60 bits per heavy atom. The molecule has 1 rings (SSSR count). The highest BCUT2D eigenvalue weighted by atomic mass is 35.5. The molecule has 10 heavy (non-hydrogen) atoms. The Balaban J connectivity index is 0.000000810. The van der Waals surface area contributed by atoms with Crippen LogP contribution in [0.5, 0.6) is 0 Å². The van der Waals surface area contributed by atoms with Gasteiger partial charge in [-0.15, -0.1) is 12.4 Å². The van der Waals surface area contributed by atoms with Gasteiger partial charge in [-0.3, -0.25) is 0 Å². The highest BCUT2D eigenvalue weighted by molar-refractivity contribution is 5.85. The largest absolute Gasteiger partial charge is 0.387 e. The number of halogens is 2. The summed E-state index contributed by atoms with van der Waals surface area (Å²) in [5.74, 6) is 0. The zero-order valence-corrected chi connectivity index (χ0v) is 6.75. The third-order valence-corrected chi connectivity index (χ3v) is 1.81. The Hall–Kier alpha value is 0.140. The van der Waals surface area contributed by atoms with E-state index >= 15 is 0 Å². The number of alkyl halides is 1. The minimum Gasteiger partial charge on any atom is -0.387 e. The van der Waals surface area contributed by atoms with E-state index in [0.717, 1.165) is 0 Å². The molecule has 0 spiro atoms. The molecule has 1 heterocycles. The molecule has 2 nitrogen and oxygen atoms in total. The lowest BCUT2D eigenvalue weighted by molar-refractivity contribution is -0.0394. The number of nitrogens with one attached hydrogen (secondary N) is 1. The van der Waals surface area contributed by atoms with Crippen LogP contribution in [0, 0.1) is 0 Å². The van der Waals surface area contributed by atoms with Crippen molar-refractivity contribution in [3.63, 3.8) is 0 Å². The van der Waals surface area contributed by atoms with Gasteiger partial charge in [-0.25, -0.2) is 4.39 Å². The fourth-order valence-corrected chi connectivity index (χ4v) is 0.947. The first-order chi connectivity index (χ1) is 4.13. The molecule has 2 N–H and O–H groups in total. The van der Waals surface area contributed by atoms with E-state index in [0.29, 0.717) is 13.0 Å². The number of hydrogen-bond acceptors (Lipinski definition) is 2. The lowest BCUT2D eigenvalue weighted by atomic mass is 9.93. The Labute approximate surface area is 66.2 Å². The van der Waals surface area contributed by atoms with Crippen LogP contribution in [-0.2, 0) is 0 Å². The molecule has 0 bridgehead atoms.